The highest BCUT2D eigenvalue weighted by molar-refractivity contribution is 7.98. The van der Waals surface area contributed by atoms with E-state index in [9.17, 15) is 14.4 Å². The Hall–Kier alpha value is -3.04. The number of carbonyl (C=O) groups is 3. The molecule has 0 bridgehead atoms. The lowest BCUT2D eigenvalue weighted by atomic mass is 9.99. The summed E-state index contributed by atoms with van der Waals surface area (Å²) in [6.45, 7) is 5.16. The van der Waals surface area contributed by atoms with Gasteiger partial charge in [-0.1, -0.05) is 67.6 Å². The highest BCUT2D eigenvalue weighted by Crippen LogP contribution is 2.33. The summed E-state index contributed by atoms with van der Waals surface area (Å²) in [5.41, 5.74) is 2.02. The molecule has 4 rings (SSSR count). The molecule has 2 saturated heterocycles. The molecular formula is C27H35N5O3S. The Morgan fingerprint density at radius 3 is 2.39 bits per heavy atom. The number of hydrogen-bond donors (Lipinski definition) is 1. The van der Waals surface area contributed by atoms with E-state index >= 15 is 0 Å². The number of hydrazine groups is 1. The Bertz CT molecular complexity index is 1050. The third-order valence-corrected chi connectivity index (χ3v) is 7.63. The van der Waals surface area contributed by atoms with Crippen LogP contribution in [0.1, 0.15) is 37.4 Å². The van der Waals surface area contributed by atoms with Crippen LogP contribution in [0.2, 0.25) is 0 Å². The molecule has 8 nitrogen and oxygen atoms in total. The van der Waals surface area contributed by atoms with Gasteiger partial charge in [0.25, 0.3) is 0 Å². The molecule has 3 atom stereocenters. The maximum absolute atomic E-state index is 13.8. The number of nitrogens with zero attached hydrogens (tertiary/aromatic N) is 4. The number of likely N-dealkylation sites (N-methyl/N-ethyl adjacent to an activating group) is 1. The Balaban J connectivity index is 1.65. The molecule has 0 aliphatic carbocycles. The molecule has 0 radical (unpaired) electrons. The van der Waals surface area contributed by atoms with Crippen LogP contribution in [-0.2, 0) is 16.1 Å². The van der Waals surface area contributed by atoms with E-state index < -0.39 is 12.2 Å². The Morgan fingerprint density at radius 1 is 1.08 bits per heavy atom. The van der Waals surface area contributed by atoms with Crippen LogP contribution >= 0.6 is 11.8 Å². The first kappa shape index (κ1) is 26.0. The van der Waals surface area contributed by atoms with E-state index in [0.717, 1.165) is 16.9 Å². The fraction of sp³-hybridized carbons (Fsp3) is 0.444. The first-order valence-electron chi connectivity index (χ1n) is 12.5. The zero-order valence-corrected chi connectivity index (χ0v) is 22.0. The van der Waals surface area contributed by atoms with Gasteiger partial charge >= 0.3 is 6.03 Å². The number of thioether (sulfide) groups is 1. The summed E-state index contributed by atoms with van der Waals surface area (Å²) in [6.07, 6.45) is 1.97. The molecule has 9 heteroatoms. The van der Waals surface area contributed by atoms with Gasteiger partial charge in [0.1, 0.15) is 12.2 Å². The highest BCUT2D eigenvalue weighted by Gasteiger charge is 2.51. The highest BCUT2D eigenvalue weighted by atomic mass is 32.2. The third kappa shape index (κ3) is 5.37. The molecule has 36 heavy (non-hydrogen) atoms. The minimum atomic E-state index is -0.599. The maximum atomic E-state index is 13.8. The Morgan fingerprint density at radius 2 is 1.75 bits per heavy atom. The smallest absolute Gasteiger partial charge is 0.333 e. The number of benzene rings is 2. The van der Waals surface area contributed by atoms with Crippen molar-refractivity contribution in [2.45, 2.75) is 45.1 Å². The molecule has 192 valence electrons. The average Bonchev–Trinajstić information content (AvgIpc) is 2.91. The number of rotatable bonds is 8. The second kappa shape index (κ2) is 11.8. The summed E-state index contributed by atoms with van der Waals surface area (Å²) >= 11 is 1.65. The van der Waals surface area contributed by atoms with Crippen LogP contribution in [-0.4, -0.2) is 81.5 Å². The minimum Gasteiger partial charge on any atom is -0.333 e. The number of fused-ring (bicyclic) bond motifs is 1. The summed E-state index contributed by atoms with van der Waals surface area (Å²) < 4.78 is 0. The molecule has 0 spiro atoms. The van der Waals surface area contributed by atoms with Gasteiger partial charge in [-0.05, 0) is 36.5 Å². The van der Waals surface area contributed by atoms with Crippen molar-refractivity contribution in [2.75, 3.05) is 31.6 Å². The average molecular weight is 510 g/mol. The normalized spacial score (nSPS) is 21.4. The van der Waals surface area contributed by atoms with E-state index in [0.29, 0.717) is 19.5 Å². The summed E-state index contributed by atoms with van der Waals surface area (Å²) in [6, 6.07) is 18.6. The van der Waals surface area contributed by atoms with Gasteiger partial charge in [0.15, 0.2) is 0 Å². The number of hydrogen-bond acceptors (Lipinski definition) is 5. The molecule has 0 unspecified atom stereocenters. The molecule has 2 aromatic carbocycles. The van der Waals surface area contributed by atoms with Crippen molar-refractivity contribution in [1.29, 1.82) is 0 Å². The predicted molar refractivity (Wildman–Crippen MR) is 142 cm³/mol. The van der Waals surface area contributed by atoms with Crippen molar-refractivity contribution in [3.8, 4) is 0 Å². The van der Waals surface area contributed by atoms with Gasteiger partial charge in [-0.15, -0.1) is 0 Å². The zero-order valence-electron chi connectivity index (χ0n) is 21.2. The summed E-state index contributed by atoms with van der Waals surface area (Å²) in [4.78, 5) is 44.2. The van der Waals surface area contributed by atoms with Gasteiger partial charge in [-0.25, -0.2) is 14.8 Å². The van der Waals surface area contributed by atoms with Crippen LogP contribution in [0.4, 0.5) is 4.79 Å². The van der Waals surface area contributed by atoms with Crippen molar-refractivity contribution >= 4 is 29.6 Å². The predicted octanol–water partition coefficient (Wildman–Crippen LogP) is 3.33. The lowest BCUT2D eigenvalue weighted by Gasteiger charge is -2.56. The topological polar surface area (TPSA) is 76.2 Å². The van der Waals surface area contributed by atoms with Gasteiger partial charge in [0, 0.05) is 13.1 Å². The van der Waals surface area contributed by atoms with Crippen LogP contribution < -0.4 is 5.32 Å². The standard InChI is InChI=1S/C27H35N5O3S/c1-4-29-19-25(33)31-23(15-16-36-3)26(34)30(20(2)22-13-9-6-10-14-22)18-24(31)32(29)27(35)28-17-21-11-7-5-8-12-21/h5-14,20,23-24H,4,15-19H2,1-3H3,(H,28,35)/t20-,23+,24+/m1/s1. The SMILES string of the molecule is CCN1CC(=O)N2[C@@H](CCSC)C(=O)N([C@H](C)c3ccccc3)C[C@@H]2N1C(=O)NCc1ccccc1. The van der Waals surface area contributed by atoms with Gasteiger partial charge in [0.05, 0.1) is 19.1 Å². The Labute approximate surface area is 217 Å². The third-order valence-electron chi connectivity index (χ3n) is 6.98. The van der Waals surface area contributed by atoms with Crippen LogP contribution in [0.3, 0.4) is 0 Å². The Kier molecular flexibility index (Phi) is 8.53. The van der Waals surface area contributed by atoms with Gasteiger partial charge in [-0.3, -0.25) is 9.59 Å². The maximum Gasteiger partial charge on any atom is 0.334 e. The summed E-state index contributed by atoms with van der Waals surface area (Å²) in [5.74, 6) is 0.582. The molecule has 2 fully saturated rings. The lowest BCUT2D eigenvalue weighted by Crippen LogP contribution is -2.76. The monoisotopic (exact) mass is 509 g/mol. The minimum absolute atomic E-state index is 0.0559. The molecule has 4 amide bonds. The quantitative estimate of drug-likeness (QED) is 0.591. The van der Waals surface area contributed by atoms with E-state index in [-0.39, 0.29) is 37.0 Å². The van der Waals surface area contributed by atoms with Crippen LogP contribution in [0, 0.1) is 0 Å². The van der Waals surface area contributed by atoms with Crippen molar-refractivity contribution < 1.29 is 14.4 Å². The van der Waals surface area contributed by atoms with E-state index in [2.05, 4.69) is 5.32 Å². The fourth-order valence-corrected chi connectivity index (χ4v) is 5.50. The van der Waals surface area contributed by atoms with Crippen LogP contribution in [0.25, 0.3) is 0 Å². The van der Waals surface area contributed by atoms with E-state index in [1.807, 2.05) is 85.7 Å². The number of nitrogens with one attached hydrogen (secondary N) is 1. The number of urea groups is 1. The first-order chi connectivity index (χ1) is 17.5. The van der Waals surface area contributed by atoms with Crippen molar-refractivity contribution in [3.05, 3.63) is 71.8 Å². The zero-order chi connectivity index (χ0) is 25.7. The number of piperazine rings is 1. The molecule has 0 saturated carbocycles. The van der Waals surface area contributed by atoms with Crippen LogP contribution in [0.15, 0.2) is 60.7 Å². The van der Waals surface area contributed by atoms with Crippen molar-refractivity contribution in [1.82, 2.24) is 25.1 Å². The largest absolute Gasteiger partial charge is 0.334 e. The van der Waals surface area contributed by atoms with Gasteiger partial charge in [0.2, 0.25) is 11.8 Å². The molecule has 2 aliphatic heterocycles. The molecule has 2 aromatic rings. The molecule has 2 aliphatic rings. The summed E-state index contributed by atoms with van der Waals surface area (Å²) in [5, 5.41) is 6.47. The molecule has 1 N–H and O–H groups in total. The molecule has 0 aromatic heterocycles. The molecular weight excluding hydrogens is 474 g/mol. The van der Waals surface area contributed by atoms with Crippen molar-refractivity contribution in [2.24, 2.45) is 0 Å². The van der Waals surface area contributed by atoms with E-state index in [4.69, 9.17) is 0 Å². The number of amides is 4. The van der Waals surface area contributed by atoms with Crippen LogP contribution in [0.5, 0.6) is 0 Å². The van der Waals surface area contributed by atoms with Crippen molar-refractivity contribution in [3.63, 3.8) is 0 Å². The summed E-state index contributed by atoms with van der Waals surface area (Å²) in [7, 11) is 0. The lowest BCUT2D eigenvalue weighted by molar-refractivity contribution is -0.192. The molecule has 2 heterocycles. The first-order valence-corrected chi connectivity index (χ1v) is 13.9. The second-order valence-corrected chi connectivity index (χ2v) is 10.1. The van der Waals surface area contributed by atoms with E-state index in [1.165, 1.54) is 0 Å². The second-order valence-electron chi connectivity index (χ2n) is 9.13. The fourth-order valence-electron chi connectivity index (χ4n) is 5.04. The van der Waals surface area contributed by atoms with Gasteiger partial charge < -0.3 is 15.1 Å². The van der Waals surface area contributed by atoms with Gasteiger partial charge in [-0.2, -0.15) is 11.8 Å². The number of carbonyl (C=O) groups excluding carboxylic acids is 3. The van der Waals surface area contributed by atoms with E-state index in [1.54, 1.807) is 26.7 Å².